The summed E-state index contributed by atoms with van der Waals surface area (Å²) in [5, 5.41) is 1.14. The first-order valence-electron chi connectivity index (χ1n) is 10.8. The number of para-hydroxylation sites is 1. The first kappa shape index (κ1) is 18.9. The van der Waals surface area contributed by atoms with Gasteiger partial charge in [0, 0.05) is 56.2 Å². The molecule has 5 nitrogen and oxygen atoms in total. The van der Waals surface area contributed by atoms with Crippen molar-refractivity contribution in [2.75, 3.05) is 26.2 Å². The first-order valence-corrected chi connectivity index (χ1v) is 10.8. The first-order chi connectivity index (χ1) is 14.6. The quantitative estimate of drug-likeness (QED) is 0.674. The van der Waals surface area contributed by atoms with Gasteiger partial charge in [-0.2, -0.15) is 0 Å². The third kappa shape index (κ3) is 3.49. The van der Waals surface area contributed by atoms with Crippen molar-refractivity contribution >= 4 is 22.7 Å². The molecule has 2 amide bonds. The monoisotopic (exact) mass is 401 g/mol. The van der Waals surface area contributed by atoms with Crippen molar-refractivity contribution in [1.29, 1.82) is 0 Å². The Hall–Kier alpha value is -3.08. The molecule has 1 saturated heterocycles. The molecule has 1 saturated carbocycles. The fourth-order valence-electron chi connectivity index (χ4n) is 4.79. The molecule has 154 valence electrons. The predicted octanol–water partition coefficient (Wildman–Crippen LogP) is 3.20. The van der Waals surface area contributed by atoms with E-state index in [9.17, 15) is 9.59 Å². The summed E-state index contributed by atoms with van der Waals surface area (Å²) in [6.07, 6.45) is 3.41. The number of amides is 2. The summed E-state index contributed by atoms with van der Waals surface area (Å²) in [5.74, 6) is 0.882. The number of nitrogens with zero attached hydrogens (tertiary/aromatic N) is 3. The lowest BCUT2D eigenvalue weighted by molar-refractivity contribution is -0.140. The third-order valence-electron chi connectivity index (χ3n) is 6.60. The molecule has 2 aliphatic rings. The Morgan fingerprint density at radius 3 is 2.33 bits per heavy atom. The van der Waals surface area contributed by atoms with Gasteiger partial charge >= 0.3 is 0 Å². The maximum Gasteiger partial charge on any atom is 0.227 e. The van der Waals surface area contributed by atoms with Crippen molar-refractivity contribution in [3.63, 3.8) is 0 Å². The minimum Gasteiger partial charge on any atom is -0.350 e. The summed E-state index contributed by atoms with van der Waals surface area (Å²) < 4.78 is 2.08. The molecule has 2 heterocycles. The van der Waals surface area contributed by atoms with Crippen LogP contribution in [0.5, 0.6) is 0 Å². The van der Waals surface area contributed by atoms with E-state index in [1.807, 2.05) is 47.2 Å². The van der Waals surface area contributed by atoms with Gasteiger partial charge in [0.1, 0.15) is 0 Å². The standard InChI is InChI=1S/C25H27N3O2/c1-26-17-19(20-9-5-6-10-23(20)26)15-24(29)27-11-13-28(14-12-27)25(30)22-16-21(22)18-7-3-2-4-8-18/h2-10,17,21-22H,11-16H2,1H3. The van der Waals surface area contributed by atoms with Gasteiger partial charge < -0.3 is 14.4 Å². The smallest absolute Gasteiger partial charge is 0.227 e. The maximum atomic E-state index is 12.9. The van der Waals surface area contributed by atoms with Crippen LogP contribution in [0.25, 0.3) is 10.9 Å². The van der Waals surface area contributed by atoms with E-state index in [1.165, 1.54) is 5.56 Å². The Morgan fingerprint density at radius 1 is 0.900 bits per heavy atom. The molecule has 5 rings (SSSR count). The molecule has 0 N–H and O–H groups in total. The average molecular weight is 402 g/mol. The summed E-state index contributed by atoms with van der Waals surface area (Å²) in [5.41, 5.74) is 3.48. The van der Waals surface area contributed by atoms with E-state index >= 15 is 0 Å². The van der Waals surface area contributed by atoms with Crippen LogP contribution in [0.15, 0.2) is 60.8 Å². The molecule has 2 atom stereocenters. The molecule has 1 aromatic heterocycles. The Labute approximate surface area is 176 Å². The minimum absolute atomic E-state index is 0.116. The number of hydrogen-bond donors (Lipinski definition) is 0. The zero-order valence-electron chi connectivity index (χ0n) is 17.3. The van der Waals surface area contributed by atoms with Crippen LogP contribution in [0.2, 0.25) is 0 Å². The van der Waals surface area contributed by atoms with Crippen LogP contribution in [0.3, 0.4) is 0 Å². The zero-order valence-corrected chi connectivity index (χ0v) is 17.3. The second-order valence-electron chi connectivity index (χ2n) is 8.52. The van der Waals surface area contributed by atoms with Crippen molar-refractivity contribution in [3.8, 4) is 0 Å². The highest BCUT2D eigenvalue weighted by molar-refractivity contribution is 5.89. The van der Waals surface area contributed by atoms with Crippen molar-refractivity contribution in [2.45, 2.75) is 18.8 Å². The summed E-state index contributed by atoms with van der Waals surface area (Å²) in [7, 11) is 2.02. The zero-order chi connectivity index (χ0) is 20.7. The number of carbonyl (C=O) groups excluding carboxylic acids is 2. The molecule has 0 spiro atoms. The minimum atomic E-state index is 0.116. The Kier molecular flexibility index (Phi) is 4.81. The topological polar surface area (TPSA) is 45.6 Å². The number of hydrogen-bond acceptors (Lipinski definition) is 2. The van der Waals surface area contributed by atoms with Crippen LogP contribution in [0.1, 0.15) is 23.5 Å². The number of aryl methyl sites for hydroxylation is 1. The lowest BCUT2D eigenvalue weighted by Gasteiger charge is -2.35. The number of rotatable bonds is 4. The van der Waals surface area contributed by atoms with Gasteiger partial charge in [-0.15, -0.1) is 0 Å². The van der Waals surface area contributed by atoms with E-state index in [1.54, 1.807) is 0 Å². The second kappa shape index (κ2) is 7.63. The molecule has 30 heavy (non-hydrogen) atoms. The molecule has 1 aliphatic heterocycles. The summed E-state index contributed by atoms with van der Waals surface area (Å²) in [4.78, 5) is 29.6. The van der Waals surface area contributed by atoms with Gasteiger partial charge in [0.25, 0.3) is 0 Å². The van der Waals surface area contributed by atoms with Crippen molar-refractivity contribution < 1.29 is 9.59 Å². The molecule has 3 aromatic rings. The van der Waals surface area contributed by atoms with Crippen LogP contribution in [-0.2, 0) is 23.1 Å². The molecule has 2 fully saturated rings. The highest BCUT2D eigenvalue weighted by atomic mass is 16.2. The van der Waals surface area contributed by atoms with E-state index in [2.05, 4.69) is 35.0 Å². The number of carbonyl (C=O) groups is 2. The average Bonchev–Trinajstić information content (AvgIpc) is 3.53. The Balaban J connectivity index is 1.17. The van der Waals surface area contributed by atoms with Crippen LogP contribution in [-0.4, -0.2) is 52.4 Å². The third-order valence-corrected chi connectivity index (χ3v) is 6.60. The van der Waals surface area contributed by atoms with Gasteiger partial charge in [-0.05, 0) is 29.5 Å². The lowest BCUT2D eigenvalue weighted by Crippen LogP contribution is -2.51. The molecular formula is C25H27N3O2. The Morgan fingerprint density at radius 2 is 1.57 bits per heavy atom. The van der Waals surface area contributed by atoms with Gasteiger partial charge in [-0.3, -0.25) is 9.59 Å². The van der Waals surface area contributed by atoms with E-state index < -0.39 is 0 Å². The molecule has 5 heteroatoms. The van der Waals surface area contributed by atoms with Crippen LogP contribution in [0.4, 0.5) is 0 Å². The maximum absolute atomic E-state index is 12.9. The fraction of sp³-hybridized carbons (Fsp3) is 0.360. The normalized spacial score (nSPS) is 21.1. The van der Waals surface area contributed by atoms with Crippen LogP contribution in [0, 0.1) is 5.92 Å². The summed E-state index contributed by atoms with van der Waals surface area (Å²) in [6, 6.07) is 18.5. The largest absolute Gasteiger partial charge is 0.350 e. The number of fused-ring (bicyclic) bond motifs is 1. The number of piperazine rings is 1. The predicted molar refractivity (Wildman–Crippen MR) is 117 cm³/mol. The van der Waals surface area contributed by atoms with Gasteiger partial charge in [-0.1, -0.05) is 48.5 Å². The van der Waals surface area contributed by atoms with Gasteiger partial charge in [0.05, 0.1) is 6.42 Å². The lowest BCUT2D eigenvalue weighted by atomic mass is 10.1. The van der Waals surface area contributed by atoms with E-state index in [0.29, 0.717) is 38.5 Å². The number of benzene rings is 2. The van der Waals surface area contributed by atoms with Crippen LogP contribution < -0.4 is 0 Å². The molecular weight excluding hydrogens is 374 g/mol. The van der Waals surface area contributed by atoms with E-state index in [-0.39, 0.29) is 17.7 Å². The molecule has 0 radical (unpaired) electrons. The fourth-order valence-corrected chi connectivity index (χ4v) is 4.79. The molecule has 2 aromatic carbocycles. The molecule has 0 bridgehead atoms. The summed E-state index contributed by atoms with van der Waals surface area (Å²) >= 11 is 0. The van der Waals surface area contributed by atoms with Gasteiger partial charge in [0.15, 0.2) is 0 Å². The van der Waals surface area contributed by atoms with Gasteiger partial charge in [-0.25, -0.2) is 0 Å². The van der Waals surface area contributed by atoms with Gasteiger partial charge in [0.2, 0.25) is 11.8 Å². The number of aromatic nitrogens is 1. The van der Waals surface area contributed by atoms with E-state index in [0.717, 1.165) is 22.9 Å². The second-order valence-corrected chi connectivity index (χ2v) is 8.52. The highest BCUT2D eigenvalue weighted by Gasteiger charge is 2.46. The van der Waals surface area contributed by atoms with Crippen molar-refractivity contribution in [1.82, 2.24) is 14.4 Å². The SMILES string of the molecule is Cn1cc(CC(=O)N2CCN(C(=O)C3CC3c3ccccc3)CC2)c2ccccc21. The Bertz CT molecular complexity index is 1080. The molecule has 2 unspecified atom stereocenters. The van der Waals surface area contributed by atoms with Crippen molar-refractivity contribution in [3.05, 3.63) is 71.9 Å². The van der Waals surface area contributed by atoms with Crippen molar-refractivity contribution in [2.24, 2.45) is 13.0 Å². The van der Waals surface area contributed by atoms with E-state index in [4.69, 9.17) is 0 Å². The molecule has 1 aliphatic carbocycles. The highest BCUT2D eigenvalue weighted by Crippen LogP contribution is 2.48. The summed E-state index contributed by atoms with van der Waals surface area (Å²) in [6.45, 7) is 2.52. The van der Waals surface area contributed by atoms with Crippen LogP contribution >= 0.6 is 0 Å².